The SMILES string of the molecule is O=C(O)[C@H](CSCc1ccccc1)N=C([O-])Cc1ccccc1.[K+]. The molecule has 0 saturated heterocycles. The van der Waals surface area contributed by atoms with Crippen molar-refractivity contribution in [1.82, 2.24) is 0 Å². The van der Waals surface area contributed by atoms with Crippen molar-refractivity contribution in [3.05, 3.63) is 71.8 Å². The van der Waals surface area contributed by atoms with Crippen LogP contribution in [-0.2, 0) is 17.0 Å². The predicted molar refractivity (Wildman–Crippen MR) is 91.6 cm³/mol. The number of thioether (sulfide) groups is 1. The molecular weight excluding hydrogens is 349 g/mol. The van der Waals surface area contributed by atoms with Crippen molar-refractivity contribution >= 4 is 23.6 Å². The molecule has 0 aliphatic rings. The number of carbonyl (C=O) groups is 1. The van der Waals surface area contributed by atoms with Gasteiger partial charge in [-0.25, -0.2) is 4.79 Å². The Labute approximate surface area is 188 Å². The van der Waals surface area contributed by atoms with Gasteiger partial charge in [0.15, 0.2) is 6.04 Å². The Morgan fingerprint density at radius 2 is 1.58 bits per heavy atom. The van der Waals surface area contributed by atoms with Crippen molar-refractivity contribution in [3.63, 3.8) is 0 Å². The average Bonchev–Trinajstić information content (AvgIpc) is 2.55. The summed E-state index contributed by atoms with van der Waals surface area (Å²) in [6.07, 6.45) is 0.133. The summed E-state index contributed by atoms with van der Waals surface area (Å²) in [6, 6.07) is 18.0. The van der Waals surface area contributed by atoms with Gasteiger partial charge >= 0.3 is 57.4 Å². The van der Waals surface area contributed by atoms with Crippen LogP contribution >= 0.6 is 11.8 Å². The van der Waals surface area contributed by atoms with E-state index in [4.69, 9.17) is 0 Å². The molecule has 0 aromatic heterocycles. The molecule has 0 spiro atoms. The van der Waals surface area contributed by atoms with Gasteiger partial charge < -0.3 is 10.2 Å². The van der Waals surface area contributed by atoms with Crippen molar-refractivity contribution in [1.29, 1.82) is 0 Å². The minimum Gasteiger partial charge on any atom is -0.862 e. The second kappa shape index (κ2) is 11.8. The summed E-state index contributed by atoms with van der Waals surface area (Å²) in [7, 11) is 0. The summed E-state index contributed by atoms with van der Waals surface area (Å²) >= 11 is 1.46. The number of carboxylic acids is 1. The molecule has 1 N–H and O–H groups in total. The molecule has 24 heavy (non-hydrogen) atoms. The van der Waals surface area contributed by atoms with Crippen molar-refractivity contribution in [3.8, 4) is 0 Å². The number of hydrogen-bond acceptors (Lipinski definition) is 4. The van der Waals surface area contributed by atoms with Gasteiger partial charge in [0, 0.05) is 17.9 Å². The van der Waals surface area contributed by atoms with Crippen LogP contribution in [0.1, 0.15) is 11.1 Å². The third-order valence-corrected chi connectivity index (χ3v) is 4.26. The van der Waals surface area contributed by atoms with Gasteiger partial charge in [0.05, 0.1) is 0 Å². The normalized spacial score (nSPS) is 12.2. The molecule has 0 radical (unpaired) electrons. The van der Waals surface area contributed by atoms with Gasteiger partial charge in [-0.3, -0.25) is 4.99 Å². The van der Waals surface area contributed by atoms with Crippen LogP contribution in [0.3, 0.4) is 0 Å². The maximum Gasteiger partial charge on any atom is 1.00 e. The fourth-order valence-electron chi connectivity index (χ4n) is 2.02. The third-order valence-electron chi connectivity index (χ3n) is 3.17. The first kappa shape index (κ1) is 21.4. The Kier molecular flexibility index (Phi) is 10.6. The molecule has 0 aliphatic heterocycles. The summed E-state index contributed by atoms with van der Waals surface area (Å²) in [5.74, 6) is -0.478. The standard InChI is InChI=1S/C18H19NO3S.K/c20-17(11-14-7-3-1-4-8-14)19-16(18(21)22)13-23-12-15-9-5-2-6-10-15;/h1-10,16H,11-13H2,(H,19,20)(H,21,22);/q;+1/p-1/t16-;/m0./s1. The van der Waals surface area contributed by atoms with Crippen LogP contribution in [0.25, 0.3) is 0 Å². The van der Waals surface area contributed by atoms with Gasteiger partial charge in [-0.05, 0) is 17.0 Å². The second-order valence-electron chi connectivity index (χ2n) is 5.04. The van der Waals surface area contributed by atoms with Crippen LogP contribution in [0.15, 0.2) is 65.7 Å². The van der Waals surface area contributed by atoms with Gasteiger partial charge in [0.1, 0.15) is 0 Å². The summed E-state index contributed by atoms with van der Waals surface area (Å²) in [5, 5.41) is 21.1. The first-order valence-corrected chi connectivity index (χ1v) is 8.42. The molecule has 2 aromatic rings. The molecule has 1 atom stereocenters. The van der Waals surface area contributed by atoms with Crippen molar-refractivity contribution in [2.24, 2.45) is 4.99 Å². The molecule has 0 saturated carbocycles. The van der Waals surface area contributed by atoms with Crippen LogP contribution in [0.5, 0.6) is 0 Å². The Bertz CT molecular complexity index is 650. The first-order chi connectivity index (χ1) is 11.1. The Morgan fingerprint density at radius 1 is 1.04 bits per heavy atom. The van der Waals surface area contributed by atoms with Crippen molar-refractivity contribution in [2.75, 3.05) is 5.75 Å². The molecule has 0 aliphatic carbocycles. The van der Waals surface area contributed by atoms with Crippen molar-refractivity contribution in [2.45, 2.75) is 18.2 Å². The topological polar surface area (TPSA) is 72.7 Å². The Morgan fingerprint density at radius 3 is 2.12 bits per heavy atom. The molecule has 6 heteroatoms. The van der Waals surface area contributed by atoms with E-state index in [1.807, 2.05) is 60.7 Å². The largest absolute Gasteiger partial charge is 1.00 e. The molecule has 2 aromatic carbocycles. The minimum absolute atomic E-state index is 0. The minimum atomic E-state index is -1.06. The van der Waals surface area contributed by atoms with E-state index in [1.165, 1.54) is 11.8 Å². The number of nitrogens with zero attached hydrogens (tertiary/aromatic N) is 1. The number of hydrogen-bond donors (Lipinski definition) is 1. The number of rotatable bonds is 8. The van der Waals surface area contributed by atoms with Crippen LogP contribution in [0, 0.1) is 0 Å². The molecule has 0 bridgehead atoms. The zero-order chi connectivity index (χ0) is 16.5. The maximum atomic E-state index is 11.9. The zero-order valence-electron chi connectivity index (χ0n) is 13.6. The van der Waals surface area contributed by atoms with E-state index in [0.29, 0.717) is 5.75 Å². The molecule has 120 valence electrons. The maximum absolute atomic E-state index is 11.9. The van der Waals surface area contributed by atoms with Gasteiger partial charge in [-0.1, -0.05) is 60.7 Å². The Balaban J connectivity index is 0.00000288. The molecule has 0 unspecified atom stereocenters. The molecule has 0 heterocycles. The van der Waals surface area contributed by atoms with E-state index in [9.17, 15) is 15.0 Å². The zero-order valence-corrected chi connectivity index (χ0v) is 17.5. The fourth-order valence-corrected chi connectivity index (χ4v) is 3.00. The molecule has 0 fully saturated rings. The van der Waals surface area contributed by atoms with E-state index in [-0.39, 0.29) is 63.6 Å². The van der Waals surface area contributed by atoms with Crippen LogP contribution in [0.2, 0.25) is 0 Å². The summed E-state index contributed by atoms with van der Waals surface area (Å²) in [6.45, 7) is 0. The monoisotopic (exact) mass is 367 g/mol. The van der Waals surface area contributed by atoms with Gasteiger partial charge in [0.2, 0.25) is 0 Å². The van der Waals surface area contributed by atoms with E-state index >= 15 is 0 Å². The number of aliphatic imine (C=N–C) groups is 1. The van der Waals surface area contributed by atoms with Crippen LogP contribution in [-0.4, -0.2) is 28.8 Å². The Hall–Kier alpha value is -0.634. The number of carboxylic acid groups (broad SMARTS) is 1. The molecule has 0 amide bonds. The summed E-state index contributed by atoms with van der Waals surface area (Å²) in [4.78, 5) is 15.1. The quantitative estimate of drug-likeness (QED) is 0.383. The van der Waals surface area contributed by atoms with E-state index in [1.54, 1.807) is 0 Å². The molecule has 2 rings (SSSR count). The molecule has 4 nitrogen and oxygen atoms in total. The number of benzene rings is 2. The summed E-state index contributed by atoms with van der Waals surface area (Å²) in [5.41, 5.74) is 1.96. The fraction of sp³-hybridized carbons (Fsp3) is 0.222. The van der Waals surface area contributed by atoms with Crippen LogP contribution < -0.4 is 56.5 Å². The molecular formula is C18H18KNO3S. The van der Waals surface area contributed by atoms with Gasteiger partial charge in [-0.2, -0.15) is 11.8 Å². The predicted octanol–water partition coefficient (Wildman–Crippen LogP) is -0.621. The second-order valence-corrected chi connectivity index (χ2v) is 6.07. The average molecular weight is 368 g/mol. The van der Waals surface area contributed by atoms with Crippen molar-refractivity contribution < 1.29 is 66.4 Å². The van der Waals surface area contributed by atoms with Gasteiger partial charge in [0.25, 0.3) is 0 Å². The summed E-state index contributed by atoms with van der Waals surface area (Å²) < 4.78 is 0. The first-order valence-electron chi connectivity index (χ1n) is 7.27. The van der Waals surface area contributed by atoms with Crippen LogP contribution in [0.4, 0.5) is 0 Å². The smallest absolute Gasteiger partial charge is 0.862 e. The number of aliphatic carboxylic acids is 1. The van der Waals surface area contributed by atoms with E-state index in [2.05, 4.69) is 4.99 Å². The third kappa shape index (κ3) is 7.96. The van der Waals surface area contributed by atoms with E-state index in [0.717, 1.165) is 11.1 Å². The van der Waals surface area contributed by atoms with E-state index < -0.39 is 17.9 Å². The van der Waals surface area contributed by atoms with Gasteiger partial charge in [-0.15, -0.1) is 0 Å².